The number of carbonyl (C=O) groups is 1. The Morgan fingerprint density at radius 1 is 1.42 bits per heavy atom. The Kier molecular flexibility index (Phi) is 4.56. The molecule has 19 heavy (non-hydrogen) atoms. The van der Waals surface area contributed by atoms with Gasteiger partial charge in [0.1, 0.15) is 0 Å². The van der Waals surface area contributed by atoms with E-state index in [4.69, 9.17) is 10.5 Å². The normalized spacial score (nSPS) is 16.7. The lowest BCUT2D eigenvalue weighted by Crippen LogP contribution is -2.50. The van der Waals surface area contributed by atoms with Gasteiger partial charge >= 0.3 is 0 Å². The third-order valence-electron chi connectivity index (χ3n) is 3.94. The van der Waals surface area contributed by atoms with Gasteiger partial charge in [0, 0.05) is 20.2 Å². The number of carbonyl (C=O) groups excluding carboxylic acids is 1. The van der Waals surface area contributed by atoms with Crippen molar-refractivity contribution in [2.24, 2.45) is 11.1 Å². The molecule has 4 heteroatoms. The Balaban J connectivity index is 1.91. The quantitative estimate of drug-likeness (QED) is 0.818. The summed E-state index contributed by atoms with van der Waals surface area (Å²) in [5.74, 6) is 0.0957. The van der Waals surface area contributed by atoms with Crippen LogP contribution in [0.1, 0.15) is 30.4 Å². The average molecular weight is 262 g/mol. The molecule has 1 saturated carbocycles. The van der Waals surface area contributed by atoms with E-state index in [0.29, 0.717) is 19.7 Å². The van der Waals surface area contributed by atoms with Gasteiger partial charge in [-0.2, -0.15) is 0 Å². The van der Waals surface area contributed by atoms with Crippen LogP contribution in [0.5, 0.6) is 0 Å². The number of ether oxygens (including phenoxy) is 1. The number of rotatable bonds is 6. The lowest BCUT2D eigenvalue weighted by atomic mass is 9.68. The minimum absolute atomic E-state index is 0.0957. The van der Waals surface area contributed by atoms with Gasteiger partial charge in [0.25, 0.3) is 0 Å². The smallest absolute Gasteiger partial charge is 0.227 e. The van der Waals surface area contributed by atoms with E-state index in [0.717, 1.165) is 30.4 Å². The Hall–Kier alpha value is -1.39. The summed E-state index contributed by atoms with van der Waals surface area (Å²) in [4.78, 5) is 12.1. The van der Waals surface area contributed by atoms with Crippen molar-refractivity contribution in [3.8, 4) is 0 Å². The van der Waals surface area contributed by atoms with E-state index in [1.54, 1.807) is 7.11 Å². The molecule has 4 nitrogen and oxygen atoms in total. The maximum absolute atomic E-state index is 12.1. The molecule has 0 atom stereocenters. The van der Waals surface area contributed by atoms with Crippen LogP contribution in [0.25, 0.3) is 0 Å². The Bertz CT molecular complexity index is 436. The predicted octanol–water partition coefficient (Wildman–Crippen LogP) is 1.58. The summed E-state index contributed by atoms with van der Waals surface area (Å²) >= 11 is 0. The van der Waals surface area contributed by atoms with Gasteiger partial charge in [-0.3, -0.25) is 4.79 Å². The second kappa shape index (κ2) is 6.17. The second-order valence-corrected chi connectivity index (χ2v) is 5.27. The summed E-state index contributed by atoms with van der Waals surface area (Å²) in [7, 11) is 1.68. The molecule has 1 aromatic rings. The van der Waals surface area contributed by atoms with E-state index in [-0.39, 0.29) is 11.3 Å². The first-order valence-corrected chi connectivity index (χ1v) is 6.75. The van der Waals surface area contributed by atoms with Crippen molar-refractivity contribution >= 4 is 5.91 Å². The summed E-state index contributed by atoms with van der Waals surface area (Å²) in [6.07, 6.45) is 2.94. The van der Waals surface area contributed by atoms with E-state index in [9.17, 15) is 4.79 Å². The third kappa shape index (κ3) is 3.14. The first-order chi connectivity index (χ1) is 9.20. The molecule has 0 aromatic heterocycles. The Morgan fingerprint density at radius 2 is 2.16 bits per heavy atom. The van der Waals surface area contributed by atoms with Crippen LogP contribution < -0.4 is 11.1 Å². The molecule has 1 aliphatic carbocycles. The third-order valence-corrected chi connectivity index (χ3v) is 3.94. The number of nitrogens with one attached hydrogen (secondary N) is 1. The molecular formula is C15H22N2O2. The van der Waals surface area contributed by atoms with Crippen LogP contribution in [0.4, 0.5) is 0 Å². The second-order valence-electron chi connectivity index (χ2n) is 5.27. The zero-order valence-electron chi connectivity index (χ0n) is 11.4. The highest BCUT2D eigenvalue weighted by atomic mass is 16.5. The molecular weight excluding hydrogens is 240 g/mol. The topological polar surface area (TPSA) is 64.3 Å². The number of amides is 1. The van der Waals surface area contributed by atoms with Crippen LogP contribution in [0.3, 0.4) is 0 Å². The number of nitrogens with two attached hydrogens (primary N) is 1. The molecule has 0 saturated heterocycles. The Morgan fingerprint density at radius 3 is 2.74 bits per heavy atom. The van der Waals surface area contributed by atoms with E-state index in [1.165, 1.54) is 0 Å². The number of hydrogen-bond donors (Lipinski definition) is 2. The van der Waals surface area contributed by atoms with Gasteiger partial charge in [0.2, 0.25) is 5.91 Å². The molecule has 1 aromatic carbocycles. The molecule has 0 heterocycles. The minimum atomic E-state index is -0.301. The van der Waals surface area contributed by atoms with Crippen molar-refractivity contribution in [2.45, 2.75) is 32.4 Å². The molecule has 0 unspecified atom stereocenters. The highest BCUT2D eigenvalue weighted by molar-refractivity contribution is 5.83. The molecule has 0 aliphatic heterocycles. The number of methoxy groups -OCH3 is 1. The molecule has 1 aliphatic rings. The molecule has 2 rings (SSSR count). The van der Waals surface area contributed by atoms with Gasteiger partial charge < -0.3 is 15.8 Å². The van der Waals surface area contributed by atoms with E-state index < -0.39 is 0 Å². The molecule has 3 N–H and O–H groups in total. The van der Waals surface area contributed by atoms with E-state index in [1.807, 2.05) is 18.2 Å². The van der Waals surface area contributed by atoms with Crippen molar-refractivity contribution < 1.29 is 9.53 Å². The first kappa shape index (κ1) is 14.0. The van der Waals surface area contributed by atoms with Gasteiger partial charge in [0.15, 0.2) is 0 Å². The van der Waals surface area contributed by atoms with Crippen molar-refractivity contribution in [1.82, 2.24) is 5.32 Å². The van der Waals surface area contributed by atoms with Gasteiger partial charge in [-0.1, -0.05) is 30.7 Å². The first-order valence-electron chi connectivity index (χ1n) is 6.75. The Labute approximate surface area is 114 Å². The fourth-order valence-corrected chi connectivity index (χ4v) is 2.49. The van der Waals surface area contributed by atoms with Crippen LogP contribution in [-0.2, 0) is 22.7 Å². The summed E-state index contributed by atoms with van der Waals surface area (Å²) in [6.45, 7) is 1.59. The van der Waals surface area contributed by atoms with Gasteiger partial charge in [-0.15, -0.1) is 0 Å². The highest BCUT2D eigenvalue weighted by Crippen LogP contribution is 2.40. The zero-order valence-corrected chi connectivity index (χ0v) is 11.4. The maximum atomic E-state index is 12.1. The molecule has 104 valence electrons. The van der Waals surface area contributed by atoms with Crippen LogP contribution in [0.2, 0.25) is 0 Å². The largest absolute Gasteiger partial charge is 0.380 e. The van der Waals surface area contributed by atoms with Crippen LogP contribution in [0.15, 0.2) is 24.3 Å². The summed E-state index contributed by atoms with van der Waals surface area (Å²) in [5, 5.41) is 3.00. The van der Waals surface area contributed by atoms with Crippen LogP contribution in [0, 0.1) is 5.41 Å². The van der Waals surface area contributed by atoms with Crippen LogP contribution in [-0.4, -0.2) is 19.6 Å². The highest BCUT2D eigenvalue weighted by Gasteiger charge is 2.42. The maximum Gasteiger partial charge on any atom is 0.227 e. The lowest BCUT2D eigenvalue weighted by Gasteiger charge is -2.39. The summed E-state index contributed by atoms with van der Waals surface area (Å²) < 4.78 is 5.10. The van der Waals surface area contributed by atoms with Gasteiger partial charge in [0.05, 0.1) is 12.0 Å². The van der Waals surface area contributed by atoms with Crippen molar-refractivity contribution in [2.75, 3.05) is 13.7 Å². The fourth-order valence-electron chi connectivity index (χ4n) is 2.49. The monoisotopic (exact) mass is 262 g/mol. The minimum Gasteiger partial charge on any atom is -0.380 e. The molecule has 1 fully saturated rings. The van der Waals surface area contributed by atoms with E-state index >= 15 is 0 Å². The van der Waals surface area contributed by atoms with Crippen molar-refractivity contribution in [3.63, 3.8) is 0 Å². The molecule has 0 spiro atoms. The van der Waals surface area contributed by atoms with E-state index in [2.05, 4.69) is 11.4 Å². The lowest BCUT2D eigenvalue weighted by molar-refractivity contribution is -0.135. The van der Waals surface area contributed by atoms with Crippen molar-refractivity contribution in [3.05, 3.63) is 35.4 Å². The van der Waals surface area contributed by atoms with Crippen LogP contribution >= 0.6 is 0 Å². The molecule has 0 bridgehead atoms. The summed E-state index contributed by atoms with van der Waals surface area (Å²) in [6, 6.07) is 8.06. The molecule has 0 radical (unpaired) electrons. The number of benzene rings is 1. The SMILES string of the molecule is COCc1cccc(CNC(=O)C2(CN)CCC2)c1. The number of hydrogen-bond acceptors (Lipinski definition) is 3. The van der Waals surface area contributed by atoms with Gasteiger partial charge in [-0.25, -0.2) is 0 Å². The van der Waals surface area contributed by atoms with Gasteiger partial charge in [-0.05, 0) is 24.0 Å². The predicted molar refractivity (Wildman–Crippen MR) is 74.3 cm³/mol. The zero-order chi connectivity index (χ0) is 13.7. The van der Waals surface area contributed by atoms with Crippen molar-refractivity contribution in [1.29, 1.82) is 0 Å². The fraction of sp³-hybridized carbons (Fsp3) is 0.533. The molecule has 1 amide bonds. The summed E-state index contributed by atoms with van der Waals surface area (Å²) in [5.41, 5.74) is 7.63. The standard InChI is InChI=1S/C15H22N2O2/c1-19-10-13-5-2-4-12(8-13)9-17-14(18)15(11-16)6-3-7-15/h2,4-5,8H,3,6-7,9-11,16H2,1H3,(H,17,18). The average Bonchev–Trinajstić information content (AvgIpc) is 2.37.